The predicted octanol–water partition coefficient (Wildman–Crippen LogP) is 4.48. The van der Waals surface area contributed by atoms with E-state index in [2.05, 4.69) is 23.3 Å². The highest BCUT2D eigenvalue weighted by molar-refractivity contribution is 7.17. The van der Waals surface area contributed by atoms with E-state index in [4.69, 9.17) is 0 Å². The first-order valence-corrected chi connectivity index (χ1v) is 8.20. The molecule has 112 valence electrons. The van der Waals surface area contributed by atoms with Crippen LogP contribution >= 0.6 is 11.3 Å². The van der Waals surface area contributed by atoms with Crippen molar-refractivity contribution in [2.45, 2.75) is 26.7 Å². The van der Waals surface area contributed by atoms with Crippen LogP contribution in [0.25, 0.3) is 10.2 Å². The van der Waals surface area contributed by atoms with E-state index in [1.807, 2.05) is 42.6 Å². The van der Waals surface area contributed by atoms with Crippen molar-refractivity contribution in [3.63, 3.8) is 0 Å². The molecule has 22 heavy (non-hydrogen) atoms. The van der Waals surface area contributed by atoms with Crippen LogP contribution in [0, 0.1) is 13.8 Å². The van der Waals surface area contributed by atoms with E-state index in [1.54, 1.807) is 11.3 Å². The summed E-state index contributed by atoms with van der Waals surface area (Å²) in [5.41, 5.74) is 4.22. The van der Waals surface area contributed by atoms with Crippen LogP contribution < -0.4 is 5.32 Å². The molecule has 1 amide bonds. The topological polar surface area (TPSA) is 42.0 Å². The van der Waals surface area contributed by atoms with Gasteiger partial charge < -0.3 is 5.32 Å². The van der Waals surface area contributed by atoms with Crippen molar-refractivity contribution >= 4 is 33.1 Å². The van der Waals surface area contributed by atoms with Gasteiger partial charge in [0.2, 0.25) is 5.91 Å². The molecule has 0 saturated carbocycles. The van der Waals surface area contributed by atoms with Gasteiger partial charge in [-0.05, 0) is 37.5 Å². The number of thiophene rings is 1. The Morgan fingerprint density at radius 3 is 2.77 bits per heavy atom. The number of amides is 1. The average Bonchev–Trinajstić information content (AvgIpc) is 2.89. The number of aryl methyl sites for hydroxylation is 3. The molecular formula is C18H18N2OS. The smallest absolute Gasteiger partial charge is 0.224 e. The lowest BCUT2D eigenvalue weighted by molar-refractivity contribution is -0.116. The molecule has 1 aromatic carbocycles. The summed E-state index contributed by atoms with van der Waals surface area (Å²) in [5, 5.41) is 6.06. The van der Waals surface area contributed by atoms with Crippen molar-refractivity contribution in [1.29, 1.82) is 0 Å². The Kier molecular flexibility index (Phi) is 4.20. The Morgan fingerprint density at radius 1 is 1.23 bits per heavy atom. The third kappa shape index (κ3) is 3.17. The number of carbonyl (C=O) groups is 1. The van der Waals surface area contributed by atoms with Crippen molar-refractivity contribution in [1.82, 2.24) is 4.98 Å². The number of nitrogens with one attached hydrogen (secondary N) is 1. The molecule has 0 aliphatic heterocycles. The lowest BCUT2D eigenvalue weighted by Gasteiger charge is -2.06. The lowest BCUT2D eigenvalue weighted by Crippen LogP contribution is -2.12. The number of hydrogen-bond donors (Lipinski definition) is 1. The fraction of sp³-hybridized carbons (Fsp3) is 0.222. The zero-order chi connectivity index (χ0) is 15.5. The van der Waals surface area contributed by atoms with Crippen LogP contribution in [0.4, 0.5) is 5.69 Å². The summed E-state index contributed by atoms with van der Waals surface area (Å²) in [6, 6.07) is 12.1. The van der Waals surface area contributed by atoms with Gasteiger partial charge in [0.15, 0.2) is 0 Å². The second-order valence-corrected chi connectivity index (χ2v) is 6.30. The molecule has 3 aromatic rings. The number of pyridine rings is 1. The van der Waals surface area contributed by atoms with Gasteiger partial charge in [-0.25, -0.2) is 4.98 Å². The number of nitrogens with zero attached hydrogens (tertiary/aromatic N) is 1. The summed E-state index contributed by atoms with van der Waals surface area (Å²) in [5.74, 6) is 0.0449. The summed E-state index contributed by atoms with van der Waals surface area (Å²) >= 11 is 1.57. The SMILES string of the molecule is Cc1cc(C)c2c(NC(=O)CCc3ccccc3)csc2n1. The molecule has 0 bridgehead atoms. The van der Waals surface area contributed by atoms with Gasteiger partial charge in [-0.1, -0.05) is 30.3 Å². The quantitative estimate of drug-likeness (QED) is 0.771. The van der Waals surface area contributed by atoms with E-state index in [0.29, 0.717) is 6.42 Å². The minimum Gasteiger partial charge on any atom is -0.325 e. The monoisotopic (exact) mass is 310 g/mol. The molecule has 2 aromatic heterocycles. The van der Waals surface area contributed by atoms with Crippen molar-refractivity contribution in [3.8, 4) is 0 Å². The summed E-state index contributed by atoms with van der Waals surface area (Å²) in [7, 11) is 0. The van der Waals surface area contributed by atoms with Gasteiger partial charge in [-0.2, -0.15) is 0 Å². The standard InChI is InChI=1S/C18H18N2OS/c1-12-10-13(2)19-18-17(12)15(11-22-18)20-16(21)9-8-14-6-4-3-5-7-14/h3-7,10-11H,8-9H2,1-2H3,(H,20,21). The Hall–Kier alpha value is -2.20. The van der Waals surface area contributed by atoms with Crippen molar-refractivity contribution < 1.29 is 4.79 Å². The van der Waals surface area contributed by atoms with Crippen LogP contribution in [0.1, 0.15) is 23.2 Å². The van der Waals surface area contributed by atoms with Gasteiger partial charge in [0.1, 0.15) is 4.83 Å². The first kappa shape index (κ1) is 14.7. The third-order valence-corrected chi connectivity index (χ3v) is 4.50. The molecule has 1 N–H and O–H groups in total. The van der Waals surface area contributed by atoms with Crippen LogP contribution in [0.5, 0.6) is 0 Å². The van der Waals surface area contributed by atoms with Crippen molar-refractivity contribution in [2.24, 2.45) is 0 Å². The van der Waals surface area contributed by atoms with Crippen LogP contribution in [-0.4, -0.2) is 10.9 Å². The summed E-state index contributed by atoms with van der Waals surface area (Å²) in [6.07, 6.45) is 1.24. The molecule has 0 fully saturated rings. The zero-order valence-corrected chi connectivity index (χ0v) is 13.5. The van der Waals surface area contributed by atoms with Gasteiger partial charge in [0.25, 0.3) is 0 Å². The Morgan fingerprint density at radius 2 is 2.00 bits per heavy atom. The van der Waals surface area contributed by atoms with E-state index in [1.165, 1.54) is 5.56 Å². The summed E-state index contributed by atoms with van der Waals surface area (Å²) < 4.78 is 0. The molecule has 0 aliphatic carbocycles. The molecule has 3 nitrogen and oxygen atoms in total. The highest BCUT2D eigenvalue weighted by Gasteiger charge is 2.11. The van der Waals surface area contributed by atoms with Gasteiger partial charge in [0.05, 0.1) is 5.69 Å². The van der Waals surface area contributed by atoms with Gasteiger partial charge in [-0.15, -0.1) is 11.3 Å². The molecule has 2 heterocycles. The number of rotatable bonds is 4. The fourth-order valence-corrected chi connectivity index (χ4v) is 3.59. The Bertz CT molecular complexity index is 809. The maximum atomic E-state index is 12.2. The maximum absolute atomic E-state index is 12.2. The second-order valence-electron chi connectivity index (χ2n) is 5.44. The maximum Gasteiger partial charge on any atom is 0.224 e. The van der Waals surface area contributed by atoms with Crippen LogP contribution in [-0.2, 0) is 11.2 Å². The molecule has 0 saturated heterocycles. The first-order chi connectivity index (χ1) is 10.6. The molecule has 0 unspecified atom stereocenters. The molecule has 0 spiro atoms. The first-order valence-electron chi connectivity index (χ1n) is 7.32. The Balaban J connectivity index is 1.72. The van der Waals surface area contributed by atoms with E-state index in [0.717, 1.165) is 33.6 Å². The average molecular weight is 310 g/mol. The third-order valence-electron chi connectivity index (χ3n) is 3.63. The van der Waals surface area contributed by atoms with Crippen LogP contribution in [0.3, 0.4) is 0 Å². The van der Waals surface area contributed by atoms with E-state index >= 15 is 0 Å². The highest BCUT2D eigenvalue weighted by atomic mass is 32.1. The largest absolute Gasteiger partial charge is 0.325 e. The van der Waals surface area contributed by atoms with Crippen LogP contribution in [0.15, 0.2) is 41.8 Å². The molecule has 4 heteroatoms. The number of aromatic nitrogens is 1. The molecule has 0 aliphatic rings. The van der Waals surface area contributed by atoms with Gasteiger partial charge in [-0.3, -0.25) is 4.79 Å². The number of fused-ring (bicyclic) bond motifs is 1. The van der Waals surface area contributed by atoms with Crippen LogP contribution in [0.2, 0.25) is 0 Å². The fourth-order valence-electron chi connectivity index (χ4n) is 2.60. The molecule has 0 radical (unpaired) electrons. The predicted molar refractivity (Wildman–Crippen MR) is 92.5 cm³/mol. The molecule has 0 atom stereocenters. The summed E-state index contributed by atoms with van der Waals surface area (Å²) in [4.78, 5) is 17.7. The number of hydrogen-bond acceptors (Lipinski definition) is 3. The molecular weight excluding hydrogens is 292 g/mol. The van der Waals surface area contributed by atoms with Gasteiger partial charge in [0, 0.05) is 22.9 Å². The molecule has 3 rings (SSSR count). The Labute approximate surface area is 134 Å². The van der Waals surface area contributed by atoms with E-state index in [9.17, 15) is 4.79 Å². The van der Waals surface area contributed by atoms with Crippen molar-refractivity contribution in [2.75, 3.05) is 5.32 Å². The number of anilines is 1. The van der Waals surface area contributed by atoms with Gasteiger partial charge >= 0.3 is 0 Å². The number of carbonyl (C=O) groups excluding carboxylic acids is 1. The van der Waals surface area contributed by atoms with Crippen molar-refractivity contribution in [3.05, 3.63) is 58.6 Å². The number of benzene rings is 1. The highest BCUT2D eigenvalue weighted by Crippen LogP contribution is 2.32. The van der Waals surface area contributed by atoms with E-state index < -0.39 is 0 Å². The zero-order valence-electron chi connectivity index (χ0n) is 12.7. The normalized spacial score (nSPS) is 10.8. The lowest BCUT2D eigenvalue weighted by atomic mass is 10.1. The van der Waals surface area contributed by atoms with E-state index in [-0.39, 0.29) is 5.91 Å². The minimum atomic E-state index is 0.0449. The second kappa shape index (κ2) is 6.28. The minimum absolute atomic E-state index is 0.0449. The summed E-state index contributed by atoms with van der Waals surface area (Å²) in [6.45, 7) is 4.05.